The van der Waals surface area contributed by atoms with Crippen LogP contribution in [0.15, 0.2) is 4.99 Å². The maximum atomic E-state index is 12.6. The molecule has 23 heavy (non-hydrogen) atoms. The number of amidine groups is 2. The van der Waals surface area contributed by atoms with Crippen molar-refractivity contribution in [2.45, 2.75) is 45.2 Å². The van der Waals surface area contributed by atoms with Gasteiger partial charge in [0.1, 0.15) is 6.54 Å². The first-order chi connectivity index (χ1) is 11.0. The molecule has 0 aromatic carbocycles. The van der Waals surface area contributed by atoms with Crippen molar-refractivity contribution < 1.29 is 14.2 Å². The van der Waals surface area contributed by atoms with Crippen molar-refractivity contribution in [3.05, 3.63) is 0 Å². The molecule has 0 radical (unpaired) electrons. The van der Waals surface area contributed by atoms with Crippen LogP contribution in [0.1, 0.15) is 33.1 Å². The summed E-state index contributed by atoms with van der Waals surface area (Å²) in [5.41, 5.74) is 0. The number of rotatable bonds is 3. The molecular weight excluding hydrogens is 294 g/mol. The molecule has 2 unspecified atom stereocenters. The molecule has 0 bridgehead atoms. The summed E-state index contributed by atoms with van der Waals surface area (Å²) in [6.07, 6.45) is 3.70. The van der Waals surface area contributed by atoms with E-state index in [1.165, 1.54) is 36.1 Å². The fourth-order valence-electron chi connectivity index (χ4n) is 3.71. The highest BCUT2D eigenvalue weighted by atomic mass is 16.2. The van der Waals surface area contributed by atoms with Gasteiger partial charge < -0.3 is 0 Å². The van der Waals surface area contributed by atoms with E-state index in [0.717, 1.165) is 18.9 Å². The topological polar surface area (TPSA) is 59.2 Å². The molecule has 0 aliphatic carbocycles. The third-order valence-electron chi connectivity index (χ3n) is 5.24. The predicted molar refractivity (Wildman–Crippen MR) is 87.8 cm³/mol. The largest absolute Gasteiger partial charge is 0.333 e. The van der Waals surface area contributed by atoms with E-state index in [1.54, 1.807) is 7.05 Å². The summed E-state index contributed by atoms with van der Waals surface area (Å²) in [6.45, 7) is 6.80. The number of piperidine rings is 1. The average Bonchev–Trinajstić information content (AvgIpc) is 2.91. The lowest BCUT2D eigenvalue weighted by molar-refractivity contribution is -0.532. The van der Waals surface area contributed by atoms with Gasteiger partial charge in [-0.2, -0.15) is 0 Å². The summed E-state index contributed by atoms with van der Waals surface area (Å²) in [6, 6.07) is -0.230. The molecule has 3 aliphatic rings. The minimum atomic E-state index is -0.456. The van der Waals surface area contributed by atoms with E-state index < -0.39 is 6.04 Å². The lowest BCUT2D eigenvalue weighted by Gasteiger charge is -2.32. The van der Waals surface area contributed by atoms with Gasteiger partial charge >= 0.3 is 11.9 Å². The molecule has 2 saturated heterocycles. The van der Waals surface area contributed by atoms with Gasteiger partial charge in [0.25, 0.3) is 17.8 Å². The van der Waals surface area contributed by atoms with Crippen LogP contribution in [0.4, 0.5) is 4.79 Å². The van der Waals surface area contributed by atoms with E-state index in [-0.39, 0.29) is 11.9 Å². The fraction of sp³-hybridized carbons (Fsp3) is 0.750. The van der Waals surface area contributed by atoms with E-state index >= 15 is 0 Å². The van der Waals surface area contributed by atoms with Crippen LogP contribution >= 0.6 is 0 Å². The molecule has 7 nitrogen and oxygen atoms in total. The average molecular weight is 320 g/mol. The van der Waals surface area contributed by atoms with Crippen LogP contribution in [0.3, 0.4) is 0 Å². The first kappa shape index (κ1) is 16.1. The SMILES string of the molecule is CC[N+]1=C(CN2CCCCC2C)N=C2C1C(=O)N(C)C(=O)N2C. The highest BCUT2D eigenvalue weighted by Gasteiger charge is 2.52. The van der Waals surface area contributed by atoms with Crippen LogP contribution in [0.2, 0.25) is 0 Å². The lowest BCUT2D eigenvalue weighted by atomic mass is 10.0. The number of likely N-dealkylation sites (tertiary alicyclic amines) is 1. The summed E-state index contributed by atoms with van der Waals surface area (Å²) in [5, 5.41) is 0. The van der Waals surface area contributed by atoms with Crippen LogP contribution in [0.25, 0.3) is 0 Å². The number of hydrogen-bond acceptors (Lipinski definition) is 4. The smallest absolute Gasteiger partial charge is 0.289 e. The van der Waals surface area contributed by atoms with Gasteiger partial charge in [0.15, 0.2) is 0 Å². The zero-order valence-corrected chi connectivity index (χ0v) is 14.4. The second-order valence-corrected chi connectivity index (χ2v) is 6.63. The van der Waals surface area contributed by atoms with Gasteiger partial charge in [-0.05, 0) is 38.2 Å². The molecule has 0 saturated carbocycles. The van der Waals surface area contributed by atoms with Gasteiger partial charge in [0.05, 0.1) is 6.54 Å². The normalized spacial score (nSPS) is 29.3. The van der Waals surface area contributed by atoms with E-state index in [4.69, 9.17) is 0 Å². The van der Waals surface area contributed by atoms with E-state index in [9.17, 15) is 9.59 Å². The molecule has 3 rings (SSSR count). The van der Waals surface area contributed by atoms with E-state index in [0.29, 0.717) is 18.4 Å². The number of aliphatic imine (C=N–C) groups is 1. The molecular formula is C16H26N5O2+. The van der Waals surface area contributed by atoms with Crippen LogP contribution in [0.5, 0.6) is 0 Å². The summed E-state index contributed by atoms with van der Waals surface area (Å²) >= 11 is 0. The Morgan fingerprint density at radius 2 is 1.96 bits per heavy atom. The van der Waals surface area contributed by atoms with E-state index in [1.807, 2.05) is 11.5 Å². The Kier molecular flexibility index (Phi) is 4.23. The van der Waals surface area contributed by atoms with Gasteiger partial charge in [-0.3, -0.25) is 19.5 Å². The highest BCUT2D eigenvalue weighted by molar-refractivity contribution is 6.23. The summed E-state index contributed by atoms with van der Waals surface area (Å²) in [5.74, 6) is 1.29. The Hall–Kier alpha value is -1.76. The molecule has 3 heterocycles. The second-order valence-electron chi connectivity index (χ2n) is 6.63. The van der Waals surface area contributed by atoms with Gasteiger partial charge in [-0.25, -0.2) is 9.37 Å². The third kappa shape index (κ3) is 2.56. The zero-order valence-electron chi connectivity index (χ0n) is 14.4. The molecule has 126 valence electrons. The maximum Gasteiger partial charge on any atom is 0.333 e. The first-order valence-corrected chi connectivity index (χ1v) is 8.46. The molecule has 0 spiro atoms. The number of amides is 3. The number of urea groups is 1. The molecule has 2 fully saturated rings. The van der Waals surface area contributed by atoms with Crippen LogP contribution in [0, 0.1) is 0 Å². The Morgan fingerprint density at radius 3 is 2.61 bits per heavy atom. The Morgan fingerprint density at radius 1 is 1.22 bits per heavy atom. The number of carbonyl (C=O) groups is 2. The number of nitrogens with zero attached hydrogens (tertiary/aromatic N) is 5. The predicted octanol–water partition coefficient (Wildman–Crippen LogP) is 0.596. The van der Waals surface area contributed by atoms with Crippen molar-refractivity contribution in [3.8, 4) is 0 Å². The number of hydrogen-bond donors (Lipinski definition) is 0. The van der Waals surface area contributed by atoms with Crippen LogP contribution in [-0.2, 0) is 4.79 Å². The van der Waals surface area contributed by atoms with Crippen molar-refractivity contribution >= 4 is 23.6 Å². The van der Waals surface area contributed by atoms with Crippen molar-refractivity contribution in [2.75, 3.05) is 33.7 Å². The number of carbonyl (C=O) groups excluding carboxylic acids is 2. The number of fused-ring (bicyclic) bond motifs is 1. The van der Waals surface area contributed by atoms with Crippen LogP contribution in [-0.4, -0.2) is 88.7 Å². The highest BCUT2D eigenvalue weighted by Crippen LogP contribution is 2.21. The molecule has 0 aromatic heterocycles. The van der Waals surface area contributed by atoms with Crippen LogP contribution < -0.4 is 0 Å². The maximum absolute atomic E-state index is 12.6. The summed E-state index contributed by atoms with van der Waals surface area (Å²) < 4.78 is 2.04. The monoisotopic (exact) mass is 320 g/mol. The van der Waals surface area contributed by atoms with Crippen molar-refractivity contribution in [1.82, 2.24) is 14.7 Å². The molecule has 3 amide bonds. The fourth-order valence-corrected chi connectivity index (χ4v) is 3.71. The van der Waals surface area contributed by atoms with Gasteiger partial charge in [-0.1, -0.05) is 6.42 Å². The molecule has 0 N–H and O–H groups in total. The Labute approximate surface area is 137 Å². The van der Waals surface area contributed by atoms with E-state index in [2.05, 4.69) is 16.8 Å². The second kappa shape index (κ2) is 6.03. The van der Waals surface area contributed by atoms with Crippen molar-refractivity contribution in [2.24, 2.45) is 4.99 Å². The zero-order chi connectivity index (χ0) is 16.7. The summed E-state index contributed by atoms with van der Waals surface area (Å²) in [4.78, 5) is 34.5. The standard InChI is InChI=1S/C16H26N5O2/c1-5-21-12(10-20-9-7-6-8-11(20)2)17-14-13(21)15(22)19(4)16(23)18(14)3/h11,13H,5-10H2,1-4H3/q+1. The molecule has 7 heteroatoms. The van der Waals surface area contributed by atoms with Gasteiger partial charge in [0.2, 0.25) is 0 Å². The minimum absolute atomic E-state index is 0.185. The minimum Gasteiger partial charge on any atom is -0.289 e. The molecule has 0 aromatic rings. The third-order valence-corrected chi connectivity index (χ3v) is 5.24. The lowest BCUT2D eigenvalue weighted by Crippen LogP contribution is -2.61. The summed E-state index contributed by atoms with van der Waals surface area (Å²) in [7, 11) is 3.23. The number of imide groups is 1. The van der Waals surface area contributed by atoms with Gasteiger partial charge in [0, 0.05) is 20.1 Å². The van der Waals surface area contributed by atoms with Crippen molar-refractivity contribution in [1.29, 1.82) is 0 Å². The molecule has 2 atom stereocenters. The van der Waals surface area contributed by atoms with Crippen molar-refractivity contribution in [3.63, 3.8) is 0 Å². The number of likely N-dealkylation sites (N-methyl/N-ethyl adjacent to an activating group) is 3. The van der Waals surface area contributed by atoms with Gasteiger partial charge in [-0.15, -0.1) is 0 Å². The Bertz CT molecular complexity index is 597. The Balaban J connectivity index is 1.91. The quantitative estimate of drug-likeness (QED) is 0.716. The first-order valence-electron chi connectivity index (χ1n) is 8.46. The molecule has 3 aliphatic heterocycles.